The Hall–Kier alpha value is -2.51. The Kier molecular flexibility index (Phi) is 3.99. The number of nitrogens with zero attached hydrogens (tertiary/aromatic N) is 6. The fourth-order valence-corrected chi connectivity index (χ4v) is 2.40. The van der Waals surface area contributed by atoms with Crippen molar-refractivity contribution in [3.63, 3.8) is 0 Å². The molecule has 0 aliphatic carbocycles. The van der Waals surface area contributed by atoms with Crippen molar-refractivity contribution in [1.29, 1.82) is 0 Å². The normalized spacial score (nSPS) is 15.8. The Labute approximate surface area is 128 Å². The third-order valence-corrected chi connectivity index (χ3v) is 3.80. The summed E-state index contributed by atoms with van der Waals surface area (Å²) in [4.78, 5) is 22.8. The largest absolute Gasteiger partial charge is 0.341 e. The van der Waals surface area contributed by atoms with Gasteiger partial charge in [-0.15, -0.1) is 5.10 Å². The van der Waals surface area contributed by atoms with Gasteiger partial charge in [0, 0.05) is 20.1 Å². The molecule has 1 amide bonds. The van der Waals surface area contributed by atoms with Gasteiger partial charge in [0.15, 0.2) is 5.69 Å². The first-order chi connectivity index (χ1) is 10.6. The number of aryl methyl sites for hydroxylation is 1. The first-order valence-corrected chi connectivity index (χ1v) is 7.36. The predicted octanol–water partition coefficient (Wildman–Crippen LogP) is 1.09. The summed E-state index contributed by atoms with van der Waals surface area (Å²) >= 11 is 0. The molecular formula is C14H19N7O. The van der Waals surface area contributed by atoms with Crippen LogP contribution >= 0.6 is 0 Å². The van der Waals surface area contributed by atoms with Crippen LogP contribution in [0.4, 0.5) is 11.6 Å². The predicted molar refractivity (Wildman–Crippen MR) is 81.6 cm³/mol. The molecule has 0 atom stereocenters. The lowest BCUT2D eigenvalue weighted by Gasteiger charge is -2.30. The lowest BCUT2D eigenvalue weighted by molar-refractivity contribution is 0.102. The van der Waals surface area contributed by atoms with E-state index in [0.29, 0.717) is 11.6 Å². The molecule has 8 nitrogen and oxygen atoms in total. The Bertz CT molecular complexity index is 643. The topological polar surface area (TPSA) is 88.8 Å². The van der Waals surface area contributed by atoms with E-state index in [0.717, 1.165) is 31.8 Å². The lowest BCUT2D eigenvalue weighted by Crippen LogP contribution is -2.34. The smallest absolute Gasteiger partial charge is 0.277 e. The highest BCUT2D eigenvalue weighted by atomic mass is 16.2. The molecule has 116 valence electrons. The van der Waals surface area contributed by atoms with Gasteiger partial charge in [-0.05, 0) is 18.8 Å². The fourth-order valence-electron chi connectivity index (χ4n) is 2.40. The van der Waals surface area contributed by atoms with Gasteiger partial charge in [0.1, 0.15) is 0 Å². The zero-order chi connectivity index (χ0) is 15.5. The number of piperidine rings is 1. The summed E-state index contributed by atoms with van der Waals surface area (Å²) in [6.07, 6.45) is 7.12. The van der Waals surface area contributed by atoms with Crippen molar-refractivity contribution in [2.24, 2.45) is 13.0 Å². The maximum Gasteiger partial charge on any atom is 0.277 e. The van der Waals surface area contributed by atoms with E-state index >= 15 is 0 Å². The number of anilines is 2. The number of nitrogens with one attached hydrogen (secondary N) is 1. The van der Waals surface area contributed by atoms with Gasteiger partial charge < -0.3 is 10.2 Å². The summed E-state index contributed by atoms with van der Waals surface area (Å²) in [5.41, 5.74) is 0.807. The zero-order valence-corrected chi connectivity index (χ0v) is 12.7. The highest BCUT2D eigenvalue weighted by Crippen LogP contribution is 2.20. The second-order valence-corrected chi connectivity index (χ2v) is 5.67. The Morgan fingerprint density at radius 1 is 1.27 bits per heavy atom. The molecule has 8 heteroatoms. The van der Waals surface area contributed by atoms with E-state index in [2.05, 4.69) is 37.4 Å². The van der Waals surface area contributed by atoms with Gasteiger partial charge in [-0.1, -0.05) is 12.1 Å². The average Bonchev–Trinajstić information content (AvgIpc) is 2.96. The lowest BCUT2D eigenvalue weighted by atomic mass is 10.00. The summed E-state index contributed by atoms with van der Waals surface area (Å²) in [5, 5.41) is 10.2. The SMILES string of the molecule is CC1CCN(c2ncc(NC(=O)c3cn(C)nn3)cn2)CC1. The van der Waals surface area contributed by atoms with Crippen LogP contribution in [-0.4, -0.2) is 44.0 Å². The maximum atomic E-state index is 12.0. The Morgan fingerprint density at radius 3 is 2.55 bits per heavy atom. The van der Waals surface area contributed by atoms with Crippen LogP contribution in [0.5, 0.6) is 0 Å². The molecule has 3 rings (SSSR count). The fraction of sp³-hybridized carbons (Fsp3) is 0.500. The molecule has 0 saturated carbocycles. The number of hydrogen-bond acceptors (Lipinski definition) is 6. The number of hydrogen-bond donors (Lipinski definition) is 1. The molecule has 1 N–H and O–H groups in total. The minimum absolute atomic E-state index is 0.261. The minimum atomic E-state index is -0.323. The number of rotatable bonds is 3. The highest BCUT2D eigenvalue weighted by Gasteiger charge is 2.18. The standard InChI is InChI=1S/C14H19N7O/c1-10-3-5-21(6-4-10)14-15-7-11(8-16-14)17-13(22)12-9-20(2)19-18-12/h7-10H,3-6H2,1-2H3,(H,17,22). The molecule has 0 aromatic carbocycles. The molecule has 0 unspecified atom stereocenters. The van der Waals surface area contributed by atoms with E-state index in [4.69, 9.17) is 0 Å². The first-order valence-electron chi connectivity index (χ1n) is 7.36. The Balaban J connectivity index is 1.63. The summed E-state index contributed by atoms with van der Waals surface area (Å²) in [6.45, 7) is 4.22. The molecule has 0 bridgehead atoms. The second-order valence-electron chi connectivity index (χ2n) is 5.67. The van der Waals surface area contributed by atoms with E-state index in [-0.39, 0.29) is 11.6 Å². The van der Waals surface area contributed by atoms with Crippen LogP contribution < -0.4 is 10.2 Å². The van der Waals surface area contributed by atoms with Crippen LogP contribution in [-0.2, 0) is 7.05 Å². The van der Waals surface area contributed by atoms with Crippen molar-refractivity contribution in [2.45, 2.75) is 19.8 Å². The van der Waals surface area contributed by atoms with Crippen molar-refractivity contribution < 1.29 is 4.79 Å². The second kappa shape index (κ2) is 6.08. The monoisotopic (exact) mass is 301 g/mol. The van der Waals surface area contributed by atoms with Crippen LogP contribution in [0, 0.1) is 5.92 Å². The van der Waals surface area contributed by atoms with Crippen molar-refractivity contribution in [3.05, 3.63) is 24.3 Å². The van der Waals surface area contributed by atoms with Gasteiger partial charge in [0.05, 0.1) is 24.3 Å². The van der Waals surface area contributed by atoms with Gasteiger partial charge in [-0.25, -0.2) is 9.97 Å². The van der Waals surface area contributed by atoms with Crippen LogP contribution in [0.25, 0.3) is 0 Å². The molecule has 1 saturated heterocycles. The van der Waals surface area contributed by atoms with Gasteiger partial charge in [-0.3, -0.25) is 9.48 Å². The number of amides is 1. The van der Waals surface area contributed by atoms with Crippen molar-refractivity contribution in [3.8, 4) is 0 Å². The van der Waals surface area contributed by atoms with Crippen molar-refractivity contribution in [1.82, 2.24) is 25.0 Å². The van der Waals surface area contributed by atoms with Crippen LogP contribution in [0.2, 0.25) is 0 Å². The number of carbonyl (C=O) groups is 1. The molecule has 3 heterocycles. The van der Waals surface area contributed by atoms with Gasteiger partial charge in [0.2, 0.25) is 5.95 Å². The molecule has 2 aromatic heterocycles. The number of carbonyl (C=O) groups excluding carboxylic acids is 1. The Morgan fingerprint density at radius 2 is 1.95 bits per heavy atom. The first kappa shape index (κ1) is 14.4. The van der Waals surface area contributed by atoms with E-state index < -0.39 is 0 Å². The van der Waals surface area contributed by atoms with Crippen LogP contribution in [0.15, 0.2) is 18.6 Å². The summed E-state index contributed by atoms with van der Waals surface area (Å²) < 4.78 is 1.48. The molecule has 1 fully saturated rings. The molecule has 1 aliphatic heterocycles. The summed E-state index contributed by atoms with van der Waals surface area (Å²) in [7, 11) is 1.71. The van der Waals surface area contributed by atoms with E-state index in [9.17, 15) is 4.79 Å². The molecule has 1 aliphatic rings. The molecule has 22 heavy (non-hydrogen) atoms. The minimum Gasteiger partial charge on any atom is -0.341 e. The molecule has 0 radical (unpaired) electrons. The number of aromatic nitrogens is 5. The third-order valence-electron chi connectivity index (χ3n) is 3.80. The van der Waals surface area contributed by atoms with Gasteiger partial charge in [0.25, 0.3) is 5.91 Å². The van der Waals surface area contributed by atoms with Crippen LogP contribution in [0.1, 0.15) is 30.3 Å². The zero-order valence-electron chi connectivity index (χ0n) is 12.7. The van der Waals surface area contributed by atoms with Gasteiger partial charge in [-0.2, -0.15) is 0 Å². The van der Waals surface area contributed by atoms with Gasteiger partial charge >= 0.3 is 0 Å². The third kappa shape index (κ3) is 3.21. The molecule has 2 aromatic rings. The van der Waals surface area contributed by atoms with Crippen LogP contribution in [0.3, 0.4) is 0 Å². The van der Waals surface area contributed by atoms with Crippen molar-refractivity contribution >= 4 is 17.5 Å². The summed E-state index contributed by atoms with van der Waals surface area (Å²) in [5.74, 6) is 1.16. The quantitative estimate of drug-likeness (QED) is 0.913. The molecule has 0 spiro atoms. The summed E-state index contributed by atoms with van der Waals surface area (Å²) in [6, 6.07) is 0. The maximum absolute atomic E-state index is 12.0. The van der Waals surface area contributed by atoms with E-state index in [1.165, 1.54) is 4.68 Å². The van der Waals surface area contributed by atoms with E-state index in [1.54, 1.807) is 25.6 Å². The average molecular weight is 301 g/mol. The molecular weight excluding hydrogens is 282 g/mol. The van der Waals surface area contributed by atoms with Crippen molar-refractivity contribution in [2.75, 3.05) is 23.3 Å². The highest BCUT2D eigenvalue weighted by molar-refractivity contribution is 6.02. The van der Waals surface area contributed by atoms with E-state index in [1.807, 2.05) is 0 Å².